The van der Waals surface area contributed by atoms with Gasteiger partial charge in [0.2, 0.25) is 0 Å². The van der Waals surface area contributed by atoms with Crippen LogP contribution in [0.5, 0.6) is 0 Å². The zero-order valence-corrected chi connectivity index (χ0v) is 6.94. The fourth-order valence-corrected chi connectivity index (χ4v) is 1.64. The first-order valence-corrected chi connectivity index (χ1v) is 4.01. The van der Waals surface area contributed by atoms with E-state index in [4.69, 9.17) is 0 Å². The summed E-state index contributed by atoms with van der Waals surface area (Å²) in [7, 11) is 0. The van der Waals surface area contributed by atoms with E-state index < -0.39 is 0 Å². The summed E-state index contributed by atoms with van der Waals surface area (Å²) in [5.41, 5.74) is 0. The standard InChI is InChI=1S/C8H15O.Li/c9-7-6-8-4-2-1-3-5-8;/h8H,1-7H2;/q-1;+1. The average molecular weight is 134 g/mol. The molecule has 0 heterocycles. The molecule has 0 amide bonds. The van der Waals surface area contributed by atoms with Crippen molar-refractivity contribution < 1.29 is 24.0 Å². The fraction of sp³-hybridized carbons (Fsp3) is 1.00. The van der Waals surface area contributed by atoms with E-state index in [1.165, 1.54) is 32.1 Å². The Balaban J connectivity index is 0.000000810. The second-order valence-corrected chi connectivity index (χ2v) is 3.00. The molecule has 0 aromatic rings. The Labute approximate surface area is 75.4 Å². The van der Waals surface area contributed by atoms with Crippen molar-refractivity contribution in [1.29, 1.82) is 0 Å². The van der Waals surface area contributed by atoms with Crippen molar-refractivity contribution in [2.24, 2.45) is 5.92 Å². The molecule has 0 atom stereocenters. The van der Waals surface area contributed by atoms with Gasteiger partial charge in [-0.05, 0) is 5.92 Å². The number of hydrogen-bond donors (Lipinski definition) is 0. The van der Waals surface area contributed by atoms with Gasteiger partial charge in [0.25, 0.3) is 0 Å². The Morgan fingerprint density at radius 2 is 1.70 bits per heavy atom. The van der Waals surface area contributed by atoms with E-state index in [1.54, 1.807) is 0 Å². The van der Waals surface area contributed by atoms with Crippen LogP contribution in [-0.4, -0.2) is 6.61 Å². The molecular weight excluding hydrogens is 119 g/mol. The average Bonchev–Trinajstić information content (AvgIpc) is 1.91. The first-order chi connectivity index (χ1) is 4.43. The maximum atomic E-state index is 10.2. The Bertz CT molecular complexity index is 66.9. The van der Waals surface area contributed by atoms with Crippen LogP contribution in [0.25, 0.3) is 0 Å². The van der Waals surface area contributed by atoms with Gasteiger partial charge >= 0.3 is 18.9 Å². The smallest absolute Gasteiger partial charge is 0.854 e. The van der Waals surface area contributed by atoms with Crippen molar-refractivity contribution in [1.82, 2.24) is 0 Å². The molecule has 0 saturated heterocycles. The van der Waals surface area contributed by atoms with Gasteiger partial charge in [-0.25, -0.2) is 0 Å². The van der Waals surface area contributed by atoms with Crippen LogP contribution in [0.4, 0.5) is 0 Å². The summed E-state index contributed by atoms with van der Waals surface area (Å²) in [5.74, 6) is 0.788. The van der Waals surface area contributed by atoms with Gasteiger partial charge in [-0.2, -0.15) is 0 Å². The Morgan fingerprint density at radius 3 is 2.20 bits per heavy atom. The molecule has 0 bridgehead atoms. The quantitative estimate of drug-likeness (QED) is 0.414. The van der Waals surface area contributed by atoms with Crippen molar-refractivity contribution >= 4 is 0 Å². The van der Waals surface area contributed by atoms with Gasteiger partial charge < -0.3 is 5.11 Å². The van der Waals surface area contributed by atoms with Crippen molar-refractivity contribution in [3.63, 3.8) is 0 Å². The van der Waals surface area contributed by atoms with Gasteiger partial charge in [0.1, 0.15) is 0 Å². The van der Waals surface area contributed by atoms with Crippen LogP contribution in [-0.2, 0) is 0 Å². The molecular formula is C8H15LiO. The fourth-order valence-electron chi connectivity index (χ4n) is 1.64. The van der Waals surface area contributed by atoms with E-state index in [2.05, 4.69) is 0 Å². The van der Waals surface area contributed by atoms with Gasteiger partial charge in [0.05, 0.1) is 0 Å². The van der Waals surface area contributed by atoms with Crippen LogP contribution in [0.2, 0.25) is 0 Å². The molecule has 0 aromatic carbocycles. The first kappa shape index (κ1) is 10.6. The van der Waals surface area contributed by atoms with Gasteiger partial charge in [-0.15, -0.1) is 6.61 Å². The number of hydrogen-bond acceptors (Lipinski definition) is 1. The van der Waals surface area contributed by atoms with Gasteiger partial charge in [0.15, 0.2) is 0 Å². The summed E-state index contributed by atoms with van der Waals surface area (Å²) >= 11 is 0. The van der Waals surface area contributed by atoms with Gasteiger partial charge in [-0.1, -0.05) is 38.5 Å². The topological polar surface area (TPSA) is 23.1 Å². The van der Waals surface area contributed by atoms with E-state index in [0.717, 1.165) is 12.3 Å². The third-order valence-corrected chi connectivity index (χ3v) is 2.25. The molecule has 1 nitrogen and oxygen atoms in total. The molecule has 54 valence electrons. The molecule has 10 heavy (non-hydrogen) atoms. The molecule has 1 fully saturated rings. The van der Waals surface area contributed by atoms with Gasteiger partial charge in [-0.3, -0.25) is 0 Å². The van der Waals surface area contributed by atoms with E-state index in [9.17, 15) is 5.11 Å². The van der Waals surface area contributed by atoms with Crippen LogP contribution < -0.4 is 24.0 Å². The van der Waals surface area contributed by atoms with Crippen LogP contribution in [0.15, 0.2) is 0 Å². The molecule has 2 heteroatoms. The predicted octanol–water partition coefficient (Wildman–Crippen LogP) is -1.68. The zero-order chi connectivity index (χ0) is 6.53. The number of rotatable bonds is 2. The minimum absolute atomic E-state index is 0. The van der Waals surface area contributed by atoms with E-state index in [-0.39, 0.29) is 25.5 Å². The zero-order valence-electron chi connectivity index (χ0n) is 6.94. The van der Waals surface area contributed by atoms with Crippen molar-refractivity contribution in [3.8, 4) is 0 Å². The first-order valence-electron chi connectivity index (χ1n) is 4.01. The third-order valence-electron chi connectivity index (χ3n) is 2.25. The van der Waals surface area contributed by atoms with Crippen molar-refractivity contribution in [3.05, 3.63) is 0 Å². The summed E-state index contributed by atoms with van der Waals surface area (Å²) in [4.78, 5) is 0. The van der Waals surface area contributed by atoms with E-state index >= 15 is 0 Å². The molecule has 0 unspecified atom stereocenters. The second kappa shape index (κ2) is 6.28. The molecule has 1 aliphatic carbocycles. The molecule has 0 N–H and O–H groups in total. The van der Waals surface area contributed by atoms with Crippen molar-refractivity contribution in [2.75, 3.05) is 6.61 Å². The van der Waals surface area contributed by atoms with E-state index in [0.29, 0.717) is 0 Å². The Morgan fingerprint density at radius 1 is 1.10 bits per heavy atom. The minimum atomic E-state index is 0. The molecule has 0 radical (unpaired) electrons. The molecule has 0 spiro atoms. The minimum Gasteiger partial charge on any atom is -0.854 e. The van der Waals surface area contributed by atoms with Crippen LogP contribution >= 0.6 is 0 Å². The van der Waals surface area contributed by atoms with Crippen molar-refractivity contribution in [2.45, 2.75) is 38.5 Å². The monoisotopic (exact) mass is 134 g/mol. The van der Waals surface area contributed by atoms with Crippen LogP contribution in [0.3, 0.4) is 0 Å². The summed E-state index contributed by atoms with van der Waals surface area (Å²) in [6.07, 6.45) is 7.70. The molecule has 1 rings (SSSR count). The summed E-state index contributed by atoms with van der Waals surface area (Å²) in [5, 5.41) is 10.2. The summed E-state index contributed by atoms with van der Waals surface area (Å²) in [6, 6.07) is 0. The Kier molecular flexibility index (Phi) is 6.63. The normalized spacial score (nSPS) is 20.1. The second-order valence-electron chi connectivity index (χ2n) is 3.00. The molecule has 1 aliphatic rings. The van der Waals surface area contributed by atoms with Gasteiger partial charge in [0, 0.05) is 0 Å². The SMILES string of the molecule is [Li+].[O-]CCC1CCCCC1. The van der Waals surface area contributed by atoms with E-state index in [1.807, 2.05) is 0 Å². The summed E-state index contributed by atoms with van der Waals surface area (Å²) < 4.78 is 0. The molecule has 1 saturated carbocycles. The molecule has 0 aromatic heterocycles. The Hall–Kier alpha value is 0.557. The maximum absolute atomic E-state index is 10.2. The third kappa shape index (κ3) is 3.66. The van der Waals surface area contributed by atoms with Crippen LogP contribution in [0.1, 0.15) is 38.5 Å². The summed E-state index contributed by atoms with van der Waals surface area (Å²) in [6.45, 7) is 0.144. The molecule has 0 aliphatic heterocycles. The predicted molar refractivity (Wildman–Crippen MR) is 36.1 cm³/mol. The maximum Gasteiger partial charge on any atom is 1.00 e. The van der Waals surface area contributed by atoms with Crippen LogP contribution in [0, 0.1) is 5.92 Å². The largest absolute Gasteiger partial charge is 1.00 e.